The summed E-state index contributed by atoms with van der Waals surface area (Å²) in [5, 5.41) is 4.94. The molecule has 3 saturated carbocycles. The van der Waals surface area contributed by atoms with E-state index in [9.17, 15) is 32.4 Å². The van der Waals surface area contributed by atoms with Gasteiger partial charge in [-0.2, -0.15) is 0 Å². The van der Waals surface area contributed by atoms with E-state index in [1.54, 1.807) is 4.90 Å². The van der Waals surface area contributed by atoms with Gasteiger partial charge in [-0.25, -0.2) is 18.0 Å². The highest BCUT2D eigenvalue weighted by molar-refractivity contribution is 7.91. The van der Waals surface area contributed by atoms with E-state index in [0.717, 1.165) is 29.5 Å². The molecule has 5 atom stereocenters. The van der Waals surface area contributed by atoms with E-state index in [-0.39, 0.29) is 31.9 Å². The molecule has 53 heavy (non-hydrogen) atoms. The maximum absolute atomic E-state index is 14.6. The van der Waals surface area contributed by atoms with E-state index in [1.807, 2.05) is 44.2 Å². The molecule has 7 rings (SSSR count). The van der Waals surface area contributed by atoms with Gasteiger partial charge in [-0.05, 0) is 61.1 Å². The first kappa shape index (κ1) is 36.9. The summed E-state index contributed by atoms with van der Waals surface area (Å²) < 4.78 is 39.2. The Bertz CT molecular complexity index is 1840. The Hall–Kier alpha value is -4.40. The maximum atomic E-state index is 14.6. The van der Waals surface area contributed by atoms with E-state index < -0.39 is 80.2 Å². The number of amides is 5. The number of allylic oxidation sites excluding steroid dienone is 1. The number of ether oxygens (including phenoxy) is 2. The molecule has 5 amide bonds. The van der Waals surface area contributed by atoms with Crippen molar-refractivity contribution in [3.8, 4) is 0 Å². The molecule has 6 aliphatic rings. The second-order valence-electron chi connectivity index (χ2n) is 16.3. The van der Waals surface area contributed by atoms with Crippen LogP contribution in [0.25, 0.3) is 6.08 Å². The first-order valence-electron chi connectivity index (χ1n) is 18.7. The van der Waals surface area contributed by atoms with Crippen LogP contribution in [0.4, 0.5) is 9.59 Å². The van der Waals surface area contributed by atoms with Crippen molar-refractivity contribution in [1.29, 1.82) is 0 Å². The molecule has 3 aliphatic heterocycles. The fourth-order valence-corrected chi connectivity index (χ4v) is 9.55. The van der Waals surface area contributed by atoms with E-state index in [0.29, 0.717) is 45.2 Å². The van der Waals surface area contributed by atoms with Crippen molar-refractivity contribution in [3.05, 3.63) is 53.6 Å². The molecule has 0 aromatic heterocycles. The van der Waals surface area contributed by atoms with Crippen LogP contribution in [-0.2, 0) is 47.0 Å². The van der Waals surface area contributed by atoms with Crippen molar-refractivity contribution in [3.63, 3.8) is 0 Å². The first-order chi connectivity index (χ1) is 25.2. The molecule has 3 heterocycles. The molecule has 4 bridgehead atoms. The topological polar surface area (TPSA) is 181 Å². The number of carbonyl (C=O) groups excluding carboxylic acids is 5. The first-order valence-corrected chi connectivity index (χ1v) is 20.2. The van der Waals surface area contributed by atoms with Gasteiger partial charge in [0.15, 0.2) is 0 Å². The van der Waals surface area contributed by atoms with Crippen molar-refractivity contribution in [2.24, 2.45) is 17.3 Å². The molecular weight excluding hydrogens is 703 g/mol. The predicted octanol–water partition coefficient (Wildman–Crippen LogP) is 3.51. The normalized spacial score (nSPS) is 30.9. The van der Waals surface area contributed by atoms with Gasteiger partial charge < -0.3 is 25.0 Å². The summed E-state index contributed by atoms with van der Waals surface area (Å²) in [6.07, 6.45) is 8.04. The van der Waals surface area contributed by atoms with E-state index in [2.05, 4.69) is 21.9 Å². The van der Waals surface area contributed by atoms with Gasteiger partial charge in [0, 0.05) is 24.3 Å². The van der Waals surface area contributed by atoms with Crippen LogP contribution in [0, 0.1) is 17.3 Å². The van der Waals surface area contributed by atoms with Crippen LogP contribution < -0.4 is 15.4 Å². The molecule has 1 aromatic carbocycles. The van der Waals surface area contributed by atoms with Crippen molar-refractivity contribution in [2.45, 2.75) is 114 Å². The molecule has 0 spiro atoms. The summed E-state index contributed by atoms with van der Waals surface area (Å²) in [7, 11) is -3.91. The SMILES string of the molecule is C=C[C@@H]1C[C@@]1(NC(=O)[C@@H]1C[C@@H]2CN1C(=O)[C@H](C1CCCC1)NC(=O)OCC(C)(C)C/C=C/c1cccc3c1CN(C3)C(=O)O2)C(=O)NS(=O)(=O)C1CC1. The zero-order chi connectivity index (χ0) is 37.7. The quantitative estimate of drug-likeness (QED) is 0.352. The molecule has 0 radical (unpaired) electrons. The molecule has 3 N–H and O–H groups in total. The minimum atomic E-state index is -3.91. The average molecular weight is 752 g/mol. The molecule has 3 aliphatic carbocycles. The molecule has 4 fully saturated rings. The van der Waals surface area contributed by atoms with Crippen LogP contribution in [-0.4, -0.2) is 90.3 Å². The lowest BCUT2D eigenvalue weighted by Gasteiger charge is -2.32. The number of hydrogen-bond donors (Lipinski definition) is 3. The molecule has 15 heteroatoms. The average Bonchev–Trinajstić information content (AvgIpc) is 3.89. The highest BCUT2D eigenvalue weighted by Gasteiger charge is 2.62. The summed E-state index contributed by atoms with van der Waals surface area (Å²) in [6, 6.07) is 3.70. The summed E-state index contributed by atoms with van der Waals surface area (Å²) in [5.74, 6) is -2.80. The maximum Gasteiger partial charge on any atom is 0.410 e. The number of sulfonamides is 1. The minimum absolute atomic E-state index is 0.0645. The predicted molar refractivity (Wildman–Crippen MR) is 193 cm³/mol. The van der Waals surface area contributed by atoms with Crippen LogP contribution in [0.5, 0.6) is 0 Å². The Balaban J connectivity index is 1.18. The summed E-state index contributed by atoms with van der Waals surface area (Å²) >= 11 is 0. The Morgan fingerprint density at radius 2 is 1.83 bits per heavy atom. The largest absolute Gasteiger partial charge is 0.449 e. The third-order valence-corrected chi connectivity index (χ3v) is 13.4. The monoisotopic (exact) mass is 751 g/mol. The van der Waals surface area contributed by atoms with Gasteiger partial charge in [-0.1, -0.05) is 63.1 Å². The molecule has 1 aromatic rings. The van der Waals surface area contributed by atoms with Gasteiger partial charge in [-0.3, -0.25) is 24.0 Å². The zero-order valence-electron chi connectivity index (χ0n) is 30.3. The van der Waals surface area contributed by atoms with Crippen LogP contribution >= 0.6 is 0 Å². The van der Waals surface area contributed by atoms with Gasteiger partial charge in [0.2, 0.25) is 21.8 Å². The molecule has 286 valence electrons. The van der Waals surface area contributed by atoms with Crippen LogP contribution in [0.1, 0.15) is 88.3 Å². The van der Waals surface area contributed by atoms with Gasteiger partial charge in [0.25, 0.3) is 5.91 Å². The number of rotatable bonds is 7. The number of alkyl carbamates (subject to hydrolysis) is 1. The number of hydrogen-bond acceptors (Lipinski definition) is 9. The highest BCUT2D eigenvalue weighted by Crippen LogP contribution is 2.45. The van der Waals surface area contributed by atoms with Crippen molar-refractivity contribution in [2.75, 3.05) is 13.2 Å². The third kappa shape index (κ3) is 7.67. The van der Waals surface area contributed by atoms with Crippen molar-refractivity contribution >= 4 is 46.0 Å². The lowest BCUT2D eigenvalue weighted by atomic mass is 9.90. The van der Waals surface area contributed by atoms with Crippen LogP contribution in [0.3, 0.4) is 0 Å². The number of nitrogens with zero attached hydrogens (tertiary/aromatic N) is 2. The standard InChI is InChI=1S/C38H49N5O9S/c1-4-26-18-38(26,34(46)41-53(49,50)28-14-15-28)40-32(44)30-17-27-20-43(30)33(45)31(24-9-5-6-10-24)39-35(47)51-22-37(2,3)16-8-13-23-11-7-12-25-19-42(21-29(23)25)36(48)52-27/h4,7-8,11-13,24,26-28,30-31H,1,5-6,9-10,14-22H2,2-3H3,(H,39,47)(H,40,44)(H,41,46)/b13-8+/t26-,27-,30+,31+,38+/m1/s1. The van der Waals surface area contributed by atoms with Crippen LogP contribution in [0.15, 0.2) is 36.9 Å². The Kier molecular flexibility index (Phi) is 9.83. The van der Waals surface area contributed by atoms with E-state index in [4.69, 9.17) is 9.47 Å². The Labute approximate surface area is 310 Å². The molecular formula is C38H49N5O9S. The van der Waals surface area contributed by atoms with Crippen molar-refractivity contribution in [1.82, 2.24) is 25.2 Å². The van der Waals surface area contributed by atoms with Gasteiger partial charge in [0.1, 0.15) is 23.7 Å². The fraction of sp³-hybridized carbons (Fsp3) is 0.605. The zero-order valence-corrected chi connectivity index (χ0v) is 31.1. The number of benzene rings is 1. The van der Waals surface area contributed by atoms with Gasteiger partial charge in [-0.15, -0.1) is 6.58 Å². The summed E-state index contributed by atoms with van der Waals surface area (Å²) in [5.41, 5.74) is 0.976. The van der Waals surface area contributed by atoms with E-state index in [1.165, 1.54) is 11.0 Å². The number of carbonyl (C=O) groups is 5. The lowest BCUT2D eigenvalue weighted by molar-refractivity contribution is -0.142. The van der Waals surface area contributed by atoms with Gasteiger partial charge in [0.05, 0.1) is 24.9 Å². The fourth-order valence-electron chi connectivity index (χ4n) is 8.19. The smallest absolute Gasteiger partial charge is 0.410 e. The molecule has 14 nitrogen and oxygen atoms in total. The Morgan fingerprint density at radius 1 is 1.08 bits per heavy atom. The highest BCUT2D eigenvalue weighted by atomic mass is 32.2. The van der Waals surface area contributed by atoms with E-state index >= 15 is 0 Å². The second-order valence-corrected chi connectivity index (χ2v) is 18.2. The van der Waals surface area contributed by atoms with Crippen LogP contribution in [0.2, 0.25) is 0 Å². The second kappa shape index (κ2) is 14.1. The number of nitrogens with one attached hydrogen (secondary N) is 3. The van der Waals surface area contributed by atoms with Crippen molar-refractivity contribution < 1.29 is 41.9 Å². The molecule has 1 saturated heterocycles. The Morgan fingerprint density at radius 3 is 2.53 bits per heavy atom. The minimum Gasteiger partial charge on any atom is -0.449 e. The van der Waals surface area contributed by atoms with Gasteiger partial charge >= 0.3 is 12.2 Å². The number of cyclic esters (lactones) is 1. The third-order valence-electron chi connectivity index (χ3n) is 11.6. The summed E-state index contributed by atoms with van der Waals surface area (Å²) in [6.45, 7) is 8.38. The lowest BCUT2D eigenvalue weighted by Crippen LogP contribution is -2.59. The molecule has 0 unspecified atom stereocenters. The number of fused-ring (bicyclic) bond motifs is 3. The summed E-state index contributed by atoms with van der Waals surface area (Å²) in [4.78, 5) is 72.2.